The van der Waals surface area contributed by atoms with Crippen molar-refractivity contribution < 1.29 is 4.74 Å². The predicted molar refractivity (Wildman–Crippen MR) is 74.9 cm³/mol. The van der Waals surface area contributed by atoms with Crippen LogP contribution < -0.4 is 15.4 Å². The molecule has 1 fully saturated rings. The van der Waals surface area contributed by atoms with Gasteiger partial charge in [-0.05, 0) is 24.5 Å². The van der Waals surface area contributed by atoms with Crippen molar-refractivity contribution in [3.8, 4) is 5.75 Å². The Bertz CT molecular complexity index is 433. The zero-order valence-corrected chi connectivity index (χ0v) is 11.1. The maximum Gasteiger partial charge on any atom is 0.120 e. The van der Waals surface area contributed by atoms with Crippen LogP contribution in [0.3, 0.4) is 0 Å². The average Bonchev–Trinajstić information content (AvgIpc) is 2.75. The summed E-state index contributed by atoms with van der Waals surface area (Å²) >= 11 is 5.10. The summed E-state index contributed by atoms with van der Waals surface area (Å²) in [5.74, 6) is 1.57. The molecule has 1 heterocycles. The molecule has 0 aliphatic carbocycles. The van der Waals surface area contributed by atoms with Crippen LogP contribution in [-0.4, -0.2) is 25.2 Å². The highest BCUT2D eigenvalue weighted by Crippen LogP contribution is 2.30. The molecule has 3 nitrogen and oxygen atoms in total. The number of anilines is 1. The molecule has 17 heavy (non-hydrogen) atoms. The molecule has 4 heteroatoms. The minimum atomic E-state index is 0.446. The van der Waals surface area contributed by atoms with Crippen LogP contribution in [0.25, 0.3) is 0 Å². The number of thiocarbonyl (C=S) groups is 1. The molecule has 1 aliphatic heterocycles. The normalized spacial score (nSPS) is 19.4. The second-order valence-electron chi connectivity index (χ2n) is 4.59. The second-order valence-corrected chi connectivity index (χ2v) is 5.03. The molecule has 0 saturated carbocycles. The van der Waals surface area contributed by atoms with Crippen molar-refractivity contribution in [3.63, 3.8) is 0 Å². The highest BCUT2D eigenvalue weighted by atomic mass is 32.1. The molecule has 1 saturated heterocycles. The van der Waals surface area contributed by atoms with E-state index in [1.807, 2.05) is 18.2 Å². The Morgan fingerprint density at radius 3 is 2.82 bits per heavy atom. The largest absolute Gasteiger partial charge is 0.497 e. The van der Waals surface area contributed by atoms with Crippen molar-refractivity contribution in [1.29, 1.82) is 0 Å². The lowest BCUT2D eigenvalue weighted by atomic mass is 10.1. The van der Waals surface area contributed by atoms with Crippen LogP contribution in [0.2, 0.25) is 0 Å². The molecule has 1 unspecified atom stereocenters. The van der Waals surface area contributed by atoms with Gasteiger partial charge < -0.3 is 15.4 Å². The lowest BCUT2D eigenvalue weighted by molar-refractivity contribution is 0.415. The average molecular weight is 250 g/mol. The van der Waals surface area contributed by atoms with Gasteiger partial charge in [0.15, 0.2) is 0 Å². The van der Waals surface area contributed by atoms with Gasteiger partial charge in [0, 0.05) is 24.7 Å². The topological polar surface area (TPSA) is 38.5 Å². The van der Waals surface area contributed by atoms with E-state index in [9.17, 15) is 0 Å². The van der Waals surface area contributed by atoms with E-state index in [-0.39, 0.29) is 0 Å². The van der Waals surface area contributed by atoms with E-state index >= 15 is 0 Å². The Kier molecular flexibility index (Phi) is 3.52. The standard InChI is InChI=1S/C13H18N2OS/c1-9-5-6-15(8-9)12-7-10(16-2)3-4-11(12)13(14)17/h3-4,7,9H,5-6,8H2,1-2H3,(H2,14,17). The summed E-state index contributed by atoms with van der Waals surface area (Å²) in [7, 11) is 1.67. The maximum absolute atomic E-state index is 5.77. The first-order valence-electron chi connectivity index (χ1n) is 5.84. The van der Waals surface area contributed by atoms with E-state index in [0.29, 0.717) is 4.99 Å². The van der Waals surface area contributed by atoms with Crippen LogP contribution in [0.5, 0.6) is 5.75 Å². The Morgan fingerprint density at radius 1 is 1.53 bits per heavy atom. The Balaban J connectivity index is 2.38. The third-order valence-corrected chi connectivity index (χ3v) is 3.45. The highest BCUT2D eigenvalue weighted by Gasteiger charge is 2.22. The van der Waals surface area contributed by atoms with Crippen molar-refractivity contribution in [2.75, 3.05) is 25.1 Å². The monoisotopic (exact) mass is 250 g/mol. The molecule has 1 atom stereocenters. The number of nitrogens with two attached hydrogens (primary N) is 1. The van der Waals surface area contributed by atoms with Gasteiger partial charge in [0.2, 0.25) is 0 Å². The molecule has 92 valence electrons. The van der Waals surface area contributed by atoms with Crippen LogP contribution >= 0.6 is 12.2 Å². The first-order valence-corrected chi connectivity index (χ1v) is 6.25. The molecule has 0 spiro atoms. The Morgan fingerprint density at radius 2 is 2.29 bits per heavy atom. The van der Waals surface area contributed by atoms with Crippen LogP contribution in [0, 0.1) is 5.92 Å². The molecule has 0 amide bonds. The van der Waals surface area contributed by atoms with E-state index in [1.165, 1.54) is 6.42 Å². The smallest absolute Gasteiger partial charge is 0.120 e. The molecule has 2 rings (SSSR count). The lowest BCUT2D eigenvalue weighted by Crippen LogP contribution is -2.23. The van der Waals surface area contributed by atoms with Gasteiger partial charge in [0.1, 0.15) is 10.7 Å². The molecule has 1 aromatic carbocycles. The molecule has 2 N–H and O–H groups in total. The third-order valence-electron chi connectivity index (χ3n) is 3.23. The summed E-state index contributed by atoms with van der Waals surface area (Å²) in [6.45, 7) is 4.38. The zero-order chi connectivity index (χ0) is 12.4. The number of nitrogens with zero attached hydrogens (tertiary/aromatic N) is 1. The molecular formula is C13H18N2OS. The number of hydrogen-bond donors (Lipinski definition) is 1. The minimum Gasteiger partial charge on any atom is -0.497 e. The third kappa shape index (κ3) is 2.52. The fourth-order valence-corrected chi connectivity index (χ4v) is 2.43. The Hall–Kier alpha value is -1.29. The minimum absolute atomic E-state index is 0.446. The van der Waals surface area contributed by atoms with Crippen molar-refractivity contribution in [2.45, 2.75) is 13.3 Å². The van der Waals surface area contributed by atoms with Crippen molar-refractivity contribution in [3.05, 3.63) is 23.8 Å². The summed E-state index contributed by atoms with van der Waals surface area (Å²) in [5.41, 5.74) is 7.81. The molecule has 1 aromatic rings. The van der Waals surface area contributed by atoms with Gasteiger partial charge in [-0.25, -0.2) is 0 Å². The summed E-state index contributed by atoms with van der Waals surface area (Å²) in [4.78, 5) is 2.78. The highest BCUT2D eigenvalue weighted by molar-refractivity contribution is 7.80. The Labute approximate surface area is 108 Å². The van der Waals surface area contributed by atoms with E-state index in [4.69, 9.17) is 22.7 Å². The summed E-state index contributed by atoms with van der Waals surface area (Å²) in [6, 6.07) is 5.86. The molecule has 0 bridgehead atoms. The zero-order valence-electron chi connectivity index (χ0n) is 10.3. The fraction of sp³-hybridized carbons (Fsp3) is 0.462. The predicted octanol–water partition coefficient (Wildman–Crippen LogP) is 2.18. The quantitative estimate of drug-likeness (QED) is 0.835. The van der Waals surface area contributed by atoms with E-state index < -0.39 is 0 Å². The SMILES string of the molecule is COc1ccc(C(N)=S)c(N2CCC(C)C2)c1. The van der Waals surface area contributed by atoms with Crippen LogP contribution in [0.1, 0.15) is 18.9 Å². The fourth-order valence-electron chi connectivity index (χ4n) is 2.26. The van der Waals surface area contributed by atoms with Gasteiger partial charge in [-0.2, -0.15) is 0 Å². The van der Waals surface area contributed by atoms with Gasteiger partial charge >= 0.3 is 0 Å². The lowest BCUT2D eigenvalue weighted by Gasteiger charge is -2.22. The van der Waals surface area contributed by atoms with Crippen LogP contribution in [0.4, 0.5) is 5.69 Å². The number of benzene rings is 1. The van der Waals surface area contributed by atoms with E-state index in [0.717, 1.165) is 36.0 Å². The number of hydrogen-bond acceptors (Lipinski definition) is 3. The summed E-state index contributed by atoms with van der Waals surface area (Å²) in [5, 5.41) is 0. The van der Waals surface area contributed by atoms with Gasteiger partial charge in [-0.15, -0.1) is 0 Å². The van der Waals surface area contributed by atoms with E-state index in [1.54, 1.807) is 7.11 Å². The number of ether oxygens (including phenoxy) is 1. The maximum atomic E-state index is 5.77. The molecule has 1 aliphatic rings. The molecule has 0 aromatic heterocycles. The first-order chi connectivity index (χ1) is 8.11. The van der Waals surface area contributed by atoms with Crippen LogP contribution in [-0.2, 0) is 0 Å². The first kappa shape index (κ1) is 12.2. The van der Waals surface area contributed by atoms with Crippen LogP contribution in [0.15, 0.2) is 18.2 Å². The molecule has 0 radical (unpaired) electrons. The van der Waals surface area contributed by atoms with Gasteiger partial charge in [-0.1, -0.05) is 19.1 Å². The van der Waals surface area contributed by atoms with E-state index in [2.05, 4.69) is 11.8 Å². The van der Waals surface area contributed by atoms with Gasteiger partial charge in [0.25, 0.3) is 0 Å². The van der Waals surface area contributed by atoms with Crippen molar-refractivity contribution in [2.24, 2.45) is 11.7 Å². The van der Waals surface area contributed by atoms with Gasteiger partial charge in [-0.3, -0.25) is 0 Å². The summed E-state index contributed by atoms with van der Waals surface area (Å²) < 4.78 is 5.27. The number of methoxy groups -OCH3 is 1. The second kappa shape index (κ2) is 4.92. The van der Waals surface area contributed by atoms with Crippen molar-refractivity contribution in [1.82, 2.24) is 0 Å². The van der Waals surface area contributed by atoms with Gasteiger partial charge in [0.05, 0.1) is 12.8 Å². The summed E-state index contributed by atoms with van der Waals surface area (Å²) in [6.07, 6.45) is 1.22. The molecular weight excluding hydrogens is 232 g/mol. The number of rotatable bonds is 3. The van der Waals surface area contributed by atoms with Crippen molar-refractivity contribution >= 4 is 22.9 Å².